The van der Waals surface area contributed by atoms with Gasteiger partial charge < -0.3 is 19.3 Å². The second-order valence-electron chi connectivity index (χ2n) is 6.17. The summed E-state index contributed by atoms with van der Waals surface area (Å²) >= 11 is 1.11. The summed E-state index contributed by atoms with van der Waals surface area (Å²) in [7, 11) is 0. The predicted octanol–water partition coefficient (Wildman–Crippen LogP) is 0.971. The molecule has 8 nitrogen and oxygen atoms in total. The lowest BCUT2D eigenvalue weighted by Crippen LogP contribution is -2.55. The molecule has 1 aromatic carbocycles. The van der Waals surface area contributed by atoms with Crippen molar-refractivity contribution in [2.75, 3.05) is 32.8 Å². The van der Waals surface area contributed by atoms with E-state index in [0.717, 1.165) is 11.5 Å². The first-order chi connectivity index (χ1) is 12.6. The molecule has 2 aliphatic rings. The van der Waals surface area contributed by atoms with Gasteiger partial charge in [-0.15, -0.1) is 5.10 Å². The van der Waals surface area contributed by atoms with Gasteiger partial charge in [-0.3, -0.25) is 9.59 Å². The van der Waals surface area contributed by atoms with E-state index in [1.807, 2.05) is 18.2 Å². The topological polar surface area (TPSA) is 84.9 Å². The van der Waals surface area contributed by atoms with Crippen molar-refractivity contribution in [1.29, 1.82) is 0 Å². The Kier molecular flexibility index (Phi) is 4.46. The lowest BCUT2D eigenvalue weighted by atomic mass is 10.2. The van der Waals surface area contributed by atoms with E-state index in [4.69, 9.17) is 9.47 Å². The molecule has 136 valence electrons. The lowest BCUT2D eigenvalue weighted by molar-refractivity contribution is -0.142. The number of amides is 2. The van der Waals surface area contributed by atoms with Crippen LogP contribution in [0.15, 0.2) is 24.3 Å². The highest BCUT2D eigenvalue weighted by molar-refractivity contribution is 7.07. The molecule has 2 aliphatic heterocycles. The number of hydrogen-bond donors (Lipinski definition) is 0. The van der Waals surface area contributed by atoms with Gasteiger partial charge in [-0.05, 0) is 30.6 Å². The third-order valence-corrected chi connectivity index (χ3v) is 5.32. The fourth-order valence-corrected chi connectivity index (χ4v) is 3.67. The first-order valence-electron chi connectivity index (χ1n) is 8.39. The quantitative estimate of drug-likeness (QED) is 0.779. The molecule has 2 aromatic rings. The first kappa shape index (κ1) is 16.8. The van der Waals surface area contributed by atoms with E-state index >= 15 is 0 Å². The van der Waals surface area contributed by atoms with Crippen LogP contribution in [-0.4, -0.2) is 70.1 Å². The Morgan fingerprint density at radius 1 is 1.12 bits per heavy atom. The smallest absolute Gasteiger partial charge is 0.267 e. The van der Waals surface area contributed by atoms with E-state index < -0.39 is 6.10 Å². The van der Waals surface area contributed by atoms with Gasteiger partial charge in [0, 0.05) is 26.2 Å². The van der Waals surface area contributed by atoms with Crippen LogP contribution in [0.25, 0.3) is 0 Å². The summed E-state index contributed by atoms with van der Waals surface area (Å²) in [6.07, 6.45) is -0.653. The fraction of sp³-hybridized carbons (Fsp3) is 0.412. The van der Waals surface area contributed by atoms with Crippen molar-refractivity contribution >= 4 is 23.3 Å². The van der Waals surface area contributed by atoms with Gasteiger partial charge in [0.15, 0.2) is 11.5 Å². The summed E-state index contributed by atoms with van der Waals surface area (Å²) in [4.78, 5) is 29.2. The molecule has 1 aromatic heterocycles. The molecule has 0 bridgehead atoms. The normalized spacial score (nSPS) is 19.3. The van der Waals surface area contributed by atoms with Crippen molar-refractivity contribution < 1.29 is 19.1 Å². The number of fused-ring (bicyclic) bond motifs is 1. The Morgan fingerprint density at radius 3 is 2.50 bits per heavy atom. The van der Waals surface area contributed by atoms with E-state index in [-0.39, 0.29) is 18.4 Å². The highest BCUT2D eigenvalue weighted by Crippen LogP contribution is 2.31. The monoisotopic (exact) mass is 374 g/mol. The molecule has 0 spiro atoms. The maximum Gasteiger partial charge on any atom is 0.267 e. The number of aryl methyl sites for hydroxylation is 1. The highest BCUT2D eigenvalue weighted by atomic mass is 32.1. The molecular formula is C17H18N4O4S. The van der Waals surface area contributed by atoms with Crippen LogP contribution in [0.4, 0.5) is 0 Å². The minimum atomic E-state index is -0.653. The van der Waals surface area contributed by atoms with Crippen LogP contribution in [0, 0.1) is 6.92 Å². The Balaban J connectivity index is 1.36. The third-order valence-electron chi connectivity index (χ3n) is 4.51. The van der Waals surface area contributed by atoms with Crippen LogP contribution >= 0.6 is 11.5 Å². The number of carbonyl (C=O) groups is 2. The summed E-state index contributed by atoms with van der Waals surface area (Å²) in [5, 5.41) is 3.88. The molecule has 26 heavy (non-hydrogen) atoms. The molecule has 0 radical (unpaired) electrons. The Morgan fingerprint density at radius 2 is 1.81 bits per heavy atom. The molecule has 1 atom stereocenters. The van der Waals surface area contributed by atoms with Gasteiger partial charge in [-0.2, -0.15) is 0 Å². The van der Waals surface area contributed by atoms with E-state index in [0.29, 0.717) is 48.2 Å². The highest BCUT2D eigenvalue weighted by Gasteiger charge is 2.34. The second-order valence-corrected chi connectivity index (χ2v) is 6.92. The molecular weight excluding hydrogens is 356 g/mol. The average Bonchev–Trinajstić information content (AvgIpc) is 3.12. The van der Waals surface area contributed by atoms with Crippen LogP contribution in [0.5, 0.6) is 11.5 Å². The molecule has 2 amide bonds. The maximum absolute atomic E-state index is 12.7. The van der Waals surface area contributed by atoms with Crippen LogP contribution in [0.3, 0.4) is 0 Å². The van der Waals surface area contributed by atoms with Gasteiger partial charge in [0.2, 0.25) is 6.10 Å². The fourth-order valence-electron chi connectivity index (χ4n) is 3.05. The SMILES string of the molecule is Cc1nnsc1C(=O)N1CCN(C(=O)[C@@H]2COc3ccccc3O2)CC1. The van der Waals surface area contributed by atoms with Crippen LogP contribution < -0.4 is 9.47 Å². The largest absolute Gasteiger partial charge is 0.485 e. The lowest BCUT2D eigenvalue weighted by Gasteiger charge is -2.37. The summed E-state index contributed by atoms with van der Waals surface area (Å²) in [6, 6.07) is 7.31. The Bertz CT molecular complexity index is 832. The van der Waals surface area contributed by atoms with Gasteiger partial charge in [-0.1, -0.05) is 16.6 Å². The van der Waals surface area contributed by atoms with Crippen LogP contribution in [-0.2, 0) is 4.79 Å². The minimum absolute atomic E-state index is 0.0734. The molecule has 1 fully saturated rings. The molecule has 0 unspecified atom stereocenters. The number of nitrogens with zero attached hydrogens (tertiary/aromatic N) is 4. The first-order valence-corrected chi connectivity index (χ1v) is 9.16. The zero-order chi connectivity index (χ0) is 18.1. The Labute approximate surface area is 154 Å². The molecule has 0 saturated carbocycles. The summed E-state index contributed by atoms with van der Waals surface area (Å²) in [5.41, 5.74) is 0.643. The number of rotatable bonds is 2. The van der Waals surface area contributed by atoms with E-state index in [2.05, 4.69) is 9.59 Å². The number of para-hydroxylation sites is 2. The van der Waals surface area contributed by atoms with E-state index in [1.165, 1.54) is 0 Å². The number of ether oxygens (including phenoxy) is 2. The molecule has 0 aliphatic carbocycles. The van der Waals surface area contributed by atoms with Crippen molar-refractivity contribution in [2.24, 2.45) is 0 Å². The van der Waals surface area contributed by atoms with Gasteiger partial charge in [0.1, 0.15) is 11.5 Å². The predicted molar refractivity (Wildman–Crippen MR) is 93.5 cm³/mol. The van der Waals surface area contributed by atoms with Gasteiger partial charge >= 0.3 is 0 Å². The number of hydrogen-bond acceptors (Lipinski definition) is 7. The molecule has 0 N–H and O–H groups in total. The van der Waals surface area contributed by atoms with Crippen molar-refractivity contribution in [3.05, 3.63) is 34.8 Å². The Hall–Kier alpha value is -2.68. The summed E-state index contributed by atoms with van der Waals surface area (Å²) in [6.45, 7) is 3.86. The van der Waals surface area contributed by atoms with Gasteiger partial charge in [-0.25, -0.2) is 0 Å². The second kappa shape index (κ2) is 6.91. The van der Waals surface area contributed by atoms with Crippen molar-refractivity contribution in [2.45, 2.75) is 13.0 Å². The zero-order valence-electron chi connectivity index (χ0n) is 14.3. The number of benzene rings is 1. The van der Waals surface area contributed by atoms with E-state index in [1.54, 1.807) is 22.8 Å². The van der Waals surface area contributed by atoms with Crippen LogP contribution in [0.1, 0.15) is 15.4 Å². The van der Waals surface area contributed by atoms with Crippen molar-refractivity contribution in [3.63, 3.8) is 0 Å². The standard InChI is InChI=1S/C17H18N4O4S/c1-11-15(26-19-18-11)17(23)21-8-6-20(7-9-21)16(22)14-10-24-12-4-2-3-5-13(12)25-14/h2-5,14H,6-10H2,1H3/t14-/m0/s1. The van der Waals surface area contributed by atoms with Gasteiger partial charge in [0.25, 0.3) is 11.8 Å². The van der Waals surface area contributed by atoms with Crippen molar-refractivity contribution in [3.8, 4) is 11.5 Å². The number of carbonyl (C=O) groups excluding carboxylic acids is 2. The summed E-state index contributed by atoms with van der Waals surface area (Å²) < 4.78 is 15.2. The zero-order valence-corrected chi connectivity index (χ0v) is 15.1. The summed E-state index contributed by atoms with van der Waals surface area (Å²) in [5.74, 6) is 1.05. The average molecular weight is 374 g/mol. The number of piperazine rings is 1. The third kappa shape index (κ3) is 3.10. The molecule has 4 rings (SSSR count). The van der Waals surface area contributed by atoms with Gasteiger partial charge in [0.05, 0.1) is 5.69 Å². The minimum Gasteiger partial charge on any atom is -0.485 e. The van der Waals surface area contributed by atoms with Crippen LogP contribution in [0.2, 0.25) is 0 Å². The number of aromatic nitrogens is 2. The molecule has 9 heteroatoms. The maximum atomic E-state index is 12.7. The van der Waals surface area contributed by atoms with E-state index in [9.17, 15) is 9.59 Å². The molecule has 3 heterocycles. The van der Waals surface area contributed by atoms with Crippen molar-refractivity contribution in [1.82, 2.24) is 19.4 Å². The molecule has 1 saturated heterocycles.